The molecular weight excluding hydrogens is 263 g/mol. The maximum atomic E-state index is 8.23. The zero-order valence-electron chi connectivity index (χ0n) is 6.19. The van der Waals surface area contributed by atoms with Crippen LogP contribution < -0.4 is 0 Å². The third kappa shape index (κ3) is 3.65. The van der Waals surface area contributed by atoms with Gasteiger partial charge in [-0.25, -0.2) is 0 Å². The second-order valence-corrected chi connectivity index (χ2v) is 8.95. The van der Waals surface area contributed by atoms with Gasteiger partial charge in [0.15, 0.2) is 0 Å². The minimum atomic E-state index is -4.30. The summed E-state index contributed by atoms with van der Waals surface area (Å²) in [5.74, 6) is 0. The van der Waals surface area contributed by atoms with E-state index < -0.39 is 19.6 Å². The van der Waals surface area contributed by atoms with Crippen molar-refractivity contribution in [2.75, 3.05) is 0 Å². The van der Waals surface area contributed by atoms with Gasteiger partial charge in [-0.3, -0.25) is 0 Å². The summed E-state index contributed by atoms with van der Waals surface area (Å²) in [4.78, 5) is 0. The quantitative estimate of drug-likeness (QED) is 0.383. The molecule has 0 amide bonds. The molecule has 6 nitrogen and oxygen atoms in total. The van der Waals surface area contributed by atoms with Crippen molar-refractivity contribution >= 4 is 19.6 Å². The molecule has 68 valence electrons. The summed E-state index contributed by atoms with van der Waals surface area (Å²) in [7, 11) is 0. The molecule has 0 spiro atoms. The van der Waals surface area contributed by atoms with Gasteiger partial charge in [-0.05, 0) is 0 Å². The van der Waals surface area contributed by atoms with Crippen molar-refractivity contribution in [1.82, 2.24) is 0 Å². The summed E-state index contributed by atoms with van der Waals surface area (Å²) in [6, 6.07) is 0. The molecule has 0 aliphatic rings. The van der Waals surface area contributed by atoms with E-state index >= 15 is 0 Å². The maximum absolute atomic E-state index is 8.23. The number of hydrogen-bond acceptors (Lipinski definition) is 6. The first kappa shape index (κ1) is 11.6. The van der Waals surface area contributed by atoms with Gasteiger partial charge in [0, 0.05) is 0 Å². The van der Waals surface area contributed by atoms with Gasteiger partial charge >= 0.3 is 69.3 Å². The third-order valence-corrected chi connectivity index (χ3v) is 6.39. The van der Waals surface area contributed by atoms with E-state index in [0.717, 1.165) is 6.42 Å². The van der Waals surface area contributed by atoms with Crippen LogP contribution in [0, 0.1) is 0 Å². The fraction of sp³-hybridized carbons (Fsp3) is 1.00. The summed E-state index contributed by atoms with van der Waals surface area (Å²) >= 11 is -4.30. The second-order valence-electron chi connectivity index (χ2n) is 2.06. The van der Waals surface area contributed by atoms with Crippen molar-refractivity contribution in [3.8, 4) is 0 Å². The van der Waals surface area contributed by atoms with Crippen molar-refractivity contribution in [1.29, 1.82) is 0 Å². The fourth-order valence-electron chi connectivity index (χ4n) is 0.580. The van der Waals surface area contributed by atoms with Crippen molar-refractivity contribution in [3.63, 3.8) is 0 Å². The standard InChI is InChI=1S/C4H9.3H2O2.Sn/c1-3-4-2;3*1-2;/h1,3-4H2,2H3;3*1-2H;/q;;;;+3/p-3. The van der Waals surface area contributed by atoms with Gasteiger partial charge in [-0.2, -0.15) is 0 Å². The summed E-state index contributed by atoms with van der Waals surface area (Å²) in [5.41, 5.74) is 0. The minimum absolute atomic E-state index is 0.231. The van der Waals surface area contributed by atoms with Crippen LogP contribution in [0.25, 0.3) is 0 Å². The Morgan fingerprint density at radius 3 is 1.82 bits per heavy atom. The van der Waals surface area contributed by atoms with Crippen LogP contribution in [0.3, 0.4) is 0 Å². The molecule has 0 unspecified atom stereocenters. The first-order chi connectivity index (χ1) is 5.24. The first-order valence-corrected chi connectivity index (χ1v) is 8.73. The Hall–Kier alpha value is 0.559. The Kier molecular flexibility index (Phi) is 6.43. The van der Waals surface area contributed by atoms with Crippen LogP contribution in [0.5, 0.6) is 0 Å². The van der Waals surface area contributed by atoms with Gasteiger partial charge in [0.2, 0.25) is 0 Å². The molecule has 0 aromatic heterocycles. The van der Waals surface area contributed by atoms with Crippen LogP contribution in [-0.2, 0) is 9.67 Å². The monoisotopic (exact) mass is 276 g/mol. The molecule has 0 saturated carbocycles. The van der Waals surface area contributed by atoms with Crippen molar-refractivity contribution < 1.29 is 25.4 Å². The van der Waals surface area contributed by atoms with Crippen LogP contribution in [-0.4, -0.2) is 35.4 Å². The van der Waals surface area contributed by atoms with E-state index in [1.165, 1.54) is 0 Å². The van der Waals surface area contributed by atoms with Gasteiger partial charge in [-0.15, -0.1) is 0 Å². The molecule has 7 heteroatoms. The molecular formula is C4H12O6Sn. The van der Waals surface area contributed by atoms with E-state index in [1.54, 1.807) is 0 Å². The second kappa shape index (κ2) is 6.12. The number of unbranched alkanes of at least 4 members (excludes halogenated alkanes) is 1. The van der Waals surface area contributed by atoms with Gasteiger partial charge in [0.05, 0.1) is 0 Å². The molecule has 0 aromatic rings. The fourth-order valence-corrected chi connectivity index (χ4v) is 3.89. The van der Waals surface area contributed by atoms with Gasteiger partial charge in [-0.1, -0.05) is 0 Å². The summed E-state index contributed by atoms with van der Waals surface area (Å²) in [6.45, 7) is 1.91. The average Bonchev–Trinajstić information content (AvgIpc) is 2.08. The Labute approximate surface area is 69.6 Å². The third-order valence-electron chi connectivity index (χ3n) is 1.25. The molecule has 0 saturated heterocycles. The molecule has 0 heterocycles. The molecule has 0 radical (unpaired) electrons. The Bertz CT molecular complexity index is 86.3. The van der Waals surface area contributed by atoms with E-state index in [2.05, 4.69) is 9.67 Å². The van der Waals surface area contributed by atoms with Crippen molar-refractivity contribution in [2.45, 2.75) is 24.2 Å². The normalized spacial score (nSPS) is 12.0. The molecule has 0 fully saturated rings. The van der Waals surface area contributed by atoms with Crippen LogP contribution in [0.4, 0.5) is 0 Å². The predicted octanol–water partition coefficient (Wildman–Crippen LogP) is 1.19. The first-order valence-electron chi connectivity index (χ1n) is 3.22. The Balaban J connectivity index is 3.84. The summed E-state index contributed by atoms with van der Waals surface area (Å²) in [5, 5.41) is 24.7. The summed E-state index contributed by atoms with van der Waals surface area (Å²) < 4.78 is 11.6. The number of rotatable bonds is 6. The van der Waals surface area contributed by atoms with Gasteiger partial charge in [0.1, 0.15) is 0 Å². The molecule has 3 N–H and O–H groups in total. The van der Waals surface area contributed by atoms with Crippen molar-refractivity contribution in [3.05, 3.63) is 0 Å². The van der Waals surface area contributed by atoms with Crippen LogP contribution in [0.1, 0.15) is 19.8 Å². The average molecular weight is 275 g/mol. The van der Waals surface area contributed by atoms with Gasteiger partial charge < -0.3 is 0 Å². The van der Waals surface area contributed by atoms with E-state index in [0.29, 0.717) is 6.42 Å². The van der Waals surface area contributed by atoms with Crippen LogP contribution in [0.15, 0.2) is 0 Å². The Morgan fingerprint density at radius 2 is 1.55 bits per heavy atom. The molecule has 0 aliphatic carbocycles. The van der Waals surface area contributed by atoms with Crippen molar-refractivity contribution in [2.24, 2.45) is 0 Å². The molecule has 0 aromatic carbocycles. The van der Waals surface area contributed by atoms with Crippen LogP contribution >= 0.6 is 0 Å². The Morgan fingerprint density at radius 1 is 1.09 bits per heavy atom. The number of hydrogen-bond donors (Lipinski definition) is 3. The van der Waals surface area contributed by atoms with Gasteiger partial charge in [0.25, 0.3) is 0 Å². The predicted molar refractivity (Wildman–Crippen MR) is 36.6 cm³/mol. The van der Waals surface area contributed by atoms with E-state index in [1.807, 2.05) is 6.92 Å². The van der Waals surface area contributed by atoms with E-state index in [9.17, 15) is 0 Å². The zero-order chi connectivity index (χ0) is 8.74. The van der Waals surface area contributed by atoms with E-state index in [-0.39, 0.29) is 4.44 Å². The molecule has 0 bridgehead atoms. The molecule has 11 heavy (non-hydrogen) atoms. The van der Waals surface area contributed by atoms with Crippen LogP contribution in [0.2, 0.25) is 4.44 Å². The molecule has 0 atom stereocenters. The topological polar surface area (TPSA) is 88.4 Å². The SMILES string of the molecule is CCC[CH2][Sn]([O]O)([O]O)[O]O. The molecule has 0 rings (SSSR count). The molecule has 0 aliphatic heterocycles. The zero-order valence-corrected chi connectivity index (χ0v) is 9.04. The van der Waals surface area contributed by atoms with E-state index in [4.69, 9.17) is 15.8 Å². The summed E-state index contributed by atoms with van der Waals surface area (Å²) in [6.07, 6.45) is 1.48.